The Kier molecular flexibility index (Phi) is 4.87. The van der Waals surface area contributed by atoms with Crippen LogP contribution in [0.25, 0.3) is 10.4 Å². The molecular weight excluding hydrogens is 264 g/mol. The molecule has 0 amide bonds. The summed E-state index contributed by atoms with van der Waals surface area (Å²) >= 11 is 5.61. The van der Waals surface area contributed by atoms with Crippen LogP contribution in [0, 0.1) is 10.1 Å². The van der Waals surface area contributed by atoms with Gasteiger partial charge < -0.3 is 10.2 Å². The van der Waals surface area contributed by atoms with E-state index in [0.717, 1.165) is 6.07 Å². The molecule has 0 spiro atoms. The van der Waals surface area contributed by atoms with Crippen molar-refractivity contribution in [1.29, 1.82) is 0 Å². The molecule has 0 aliphatic rings. The van der Waals surface area contributed by atoms with E-state index in [-0.39, 0.29) is 22.8 Å². The van der Waals surface area contributed by atoms with Gasteiger partial charge in [-0.05, 0) is 17.2 Å². The van der Waals surface area contributed by atoms with Gasteiger partial charge >= 0.3 is 0 Å². The van der Waals surface area contributed by atoms with E-state index in [0.29, 0.717) is 0 Å². The number of nitrogens with zero attached hydrogens (tertiary/aromatic N) is 4. The molecule has 2 atom stereocenters. The number of rotatable bonds is 5. The summed E-state index contributed by atoms with van der Waals surface area (Å²) in [5.74, 6) is 0. The molecule has 2 N–H and O–H groups in total. The molecule has 8 nitrogen and oxygen atoms in total. The highest BCUT2D eigenvalue weighted by Crippen LogP contribution is 2.28. The number of hydrogen-bond donors (Lipinski definition) is 2. The molecule has 0 bridgehead atoms. The first-order valence-corrected chi connectivity index (χ1v) is 5.16. The van der Waals surface area contributed by atoms with Crippen LogP contribution in [0.3, 0.4) is 0 Å². The van der Waals surface area contributed by atoms with Gasteiger partial charge in [-0.3, -0.25) is 10.1 Å². The Morgan fingerprint density at radius 1 is 1.56 bits per heavy atom. The van der Waals surface area contributed by atoms with Crippen molar-refractivity contribution in [2.75, 3.05) is 6.54 Å². The topological polar surface area (TPSA) is 132 Å². The fourth-order valence-electron chi connectivity index (χ4n) is 1.30. The smallest absolute Gasteiger partial charge is 0.288 e. The van der Waals surface area contributed by atoms with Gasteiger partial charge in [0.25, 0.3) is 5.69 Å². The van der Waals surface area contributed by atoms with Gasteiger partial charge in [-0.2, -0.15) is 0 Å². The zero-order valence-electron chi connectivity index (χ0n) is 8.97. The van der Waals surface area contributed by atoms with E-state index in [9.17, 15) is 20.3 Å². The molecule has 18 heavy (non-hydrogen) atoms. The molecule has 1 rings (SSSR count). The lowest BCUT2D eigenvalue weighted by Gasteiger charge is -2.16. The first-order chi connectivity index (χ1) is 8.47. The van der Waals surface area contributed by atoms with Gasteiger partial charge in [0.1, 0.15) is 11.1 Å². The first kappa shape index (κ1) is 14.2. The van der Waals surface area contributed by atoms with E-state index in [1.807, 2.05) is 0 Å². The molecule has 0 aliphatic carbocycles. The van der Waals surface area contributed by atoms with E-state index in [1.165, 1.54) is 12.1 Å². The first-order valence-electron chi connectivity index (χ1n) is 4.78. The fourth-order valence-corrected chi connectivity index (χ4v) is 1.48. The van der Waals surface area contributed by atoms with Crippen molar-refractivity contribution in [2.24, 2.45) is 5.11 Å². The van der Waals surface area contributed by atoms with Crippen LogP contribution in [-0.4, -0.2) is 27.8 Å². The van der Waals surface area contributed by atoms with Crippen molar-refractivity contribution < 1.29 is 15.1 Å². The average Bonchev–Trinajstić information content (AvgIpc) is 2.35. The normalized spacial score (nSPS) is 13.5. The maximum absolute atomic E-state index is 10.6. The Balaban J connectivity index is 2.99. The van der Waals surface area contributed by atoms with Crippen LogP contribution in [0.4, 0.5) is 5.69 Å². The molecule has 9 heteroatoms. The van der Waals surface area contributed by atoms with Crippen molar-refractivity contribution in [3.05, 3.63) is 49.3 Å². The third kappa shape index (κ3) is 3.31. The number of azide groups is 1. The summed E-state index contributed by atoms with van der Waals surface area (Å²) in [5.41, 5.74) is 7.83. The van der Waals surface area contributed by atoms with Crippen molar-refractivity contribution in [1.82, 2.24) is 0 Å². The van der Waals surface area contributed by atoms with Gasteiger partial charge in [0.05, 0.1) is 17.6 Å². The lowest BCUT2D eigenvalue weighted by atomic mass is 10.0. The molecule has 1 aromatic rings. The van der Waals surface area contributed by atoms with Crippen molar-refractivity contribution in [2.45, 2.75) is 12.2 Å². The Hall–Kier alpha value is -1.86. The molecule has 1 aromatic carbocycles. The summed E-state index contributed by atoms with van der Waals surface area (Å²) in [6.07, 6.45) is -2.74. The second kappa shape index (κ2) is 6.18. The summed E-state index contributed by atoms with van der Waals surface area (Å²) in [6.45, 7) is -0.339. The highest BCUT2D eigenvalue weighted by molar-refractivity contribution is 6.32. The van der Waals surface area contributed by atoms with Crippen LogP contribution in [0.15, 0.2) is 23.3 Å². The van der Waals surface area contributed by atoms with Crippen LogP contribution in [0.1, 0.15) is 11.7 Å². The van der Waals surface area contributed by atoms with E-state index in [1.54, 1.807) is 0 Å². The van der Waals surface area contributed by atoms with Crippen LogP contribution in [0.2, 0.25) is 5.02 Å². The number of benzene rings is 1. The zero-order chi connectivity index (χ0) is 13.7. The molecule has 2 unspecified atom stereocenters. The lowest BCUT2D eigenvalue weighted by Crippen LogP contribution is -2.21. The number of halogens is 1. The third-order valence-electron chi connectivity index (χ3n) is 2.20. The minimum absolute atomic E-state index is 0.0690. The molecule has 0 saturated carbocycles. The largest absolute Gasteiger partial charge is 0.390 e. The monoisotopic (exact) mass is 272 g/mol. The highest BCUT2D eigenvalue weighted by atomic mass is 35.5. The molecular formula is C9H9ClN4O4. The number of aliphatic hydroxyl groups excluding tert-OH is 2. The summed E-state index contributed by atoms with van der Waals surface area (Å²) in [6, 6.07) is 3.66. The minimum atomic E-state index is -1.40. The molecule has 0 fully saturated rings. The molecule has 0 saturated heterocycles. The molecule has 0 aromatic heterocycles. The summed E-state index contributed by atoms with van der Waals surface area (Å²) < 4.78 is 0. The Bertz CT molecular complexity index is 503. The van der Waals surface area contributed by atoms with Gasteiger partial charge in [0, 0.05) is 11.0 Å². The second-order valence-corrected chi connectivity index (χ2v) is 3.80. The van der Waals surface area contributed by atoms with Crippen molar-refractivity contribution in [3.8, 4) is 0 Å². The summed E-state index contributed by atoms with van der Waals surface area (Å²) in [4.78, 5) is 12.4. The van der Waals surface area contributed by atoms with Gasteiger partial charge in [-0.25, -0.2) is 0 Å². The van der Waals surface area contributed by atoms with Crippen LogP contribution >= 0.6 is 11.6 Å². The summed E-state index contributed by atoms with van der Waals surface area (Å²) in [7, 11) is 0. The van der Waals surface area contributed by atoms with E-state index < -0.39 is 17.1 Å². The van der Waals surface area contributed by atoms with E-state index in [4.69, 9.17) is 17.1 Å². The van der Waals surface area contributed by atoms with Crippen LogP contribution in [-0.2, 0) is 0 Å². The van der Waals surface area contributed by atoms with E-state index >= 15 is 0 Å². The molecule has 0 aliphatic heterocycles. The number of hydrogen-bond acceptors (Lipinski definition) is 5. The standard InChI is InChI=1S/C9H9ClN4O4/c10-6-2-1-5(3-7(6)14(17)18)9(16)8(15)4-12-13-11/h1-3,8-9,15-16H,4H2. The van der Waals surface area contributed by atoms with Gasteiger partial charge in [-0.15, -0.1) is 0 Å². The maximum Gasteiger partial charge on any atom is 0.288 e. The average molecular weight is 273 g/mol. The maximum atomic E-state index is 10.6. The minimum Gasteiger partial charge on any atom is -0.390 e. The number of nitro benzene ring substituents is 1. The second-order valence-electron chi connectivity index (χ2n) is 3.39. The SMILES string of the molecule is [N-]=[N+]=NCC(O)C(O)c1ccc(Cl)c([N+](=O)[O-])c1. The molecule has 0 heterocycles. The Labute approximate surface area is 106 Å². The van der Waals surface area contributed by atoms with Gasteiger partial charge in [-0.1, -0.05) is 22.8 Å². The molecule has 96 valence electrons. The number of nitro groups is 1. The number of aliphatic hydroxyl groups is 2. The third-order valence-corrected chi connectivity index (χ3v) is 2.52. The van der Waals surface area contributed by atoms with Gasteiger partial charge in [0.15, 0.2) is 0 Å². The van der Waals surface area contributed by atoms with E-state index in [2.05, 4.69) is 10.0 Å². The Morgan fingerprint density at radius 3 is 2.78 bits per heavy atom. The lowest BCUT2D eigenvalue weighted by molar-refractivity contribution is -0.384. The van der Waals surface area contributed by atoms with Crippen LogP contribution in [0.5, 0.6) is 0 Å². The van der Waals surface area contributed by atoms with Gasteiger partial charge in [0.2, 0.25) is 0 Å². The fraction of sp³-hybridized carbons (Fsp3) is 0.333. The predicted octanol–water partition coefficient (Wildman–Crippen LogP) is 1.95. The summed E-state index contributed by atoms with van der Waals surface area (Å²) in [5, 5.41) is 32.9. The van der Waals surface area contributed by atoms with Crippen molar-refractivity contribution in [3.63, 3.8) is 0 Å². The van der Waals surface area contributed by atoms with Crippen molar-refractivity contribution >= 4 is 17.3 Å². The quantitative estimate of drug-likeness (QED) is 0.278. The predicted molar refractivity (Wildman–Crippen MR) is 63.1 cm³/mol. The zero-order valence-corrected chi connectivity index (χ0v) is 9.73. The Morgan fingerprint density at radius 2 is 2.22 bits per heavy atom. The molecule has 0 radical (unpaired) electrons. The highest BCUT2D eigenvalue weighted by Gasteiger charge is 2.21. The van der Waals surface area contributed by atoms with Crippen LogP contribution < -0.4 is 0 Å².